The van der Waals surface area contributed by atoms with Gasteiger partial charge in [-0.2, -0.15) is 17.5 Å². The summed E-state index contributed by atoms with van der Waals surface area (Å²) >= 11 is 0. The first-order valence-corrected chi connectivity index (χ1v) is 12.3. The van der Waals surface area contributed by atoms with Gasteiger partial charge in [0.05, 0.1) is 28.4 Å². The normalized spacial score (nSPS) is 13.1. The fourth-order valence-corrected chi connectivity index (χ4v) is 5.37. The van der Waals surface area contributed by atoms with Gasteiger partial charge in [0.2, 0.25) is 15.9 Å². The number of hydrogen-bond acceptors (Lipinski definition) is 5. The molecule has 1 unspecified atom stereocenters. The van der Waals surface area contributed by atoms with E-state index in [1.54, 1.807) is 13.8 Å². The maximum atomic E-state index is 13.3. The van der Waals surface area contributed by atoms with Gasteiger partial charge in [0, 0.05) is 11.6 Å². The van der Waals surface area contributed by atoms with Crippen LogP contribution in [0, 0.1) is 5.82 Å². The quantitative estimate of drug-likeness (QED) is 0.441. The number of aromatic nitrogens is 2. The van der Waals surface area contributed by atoms with E-state index >= 15 is 0 Å². The minimum atomic E-state index is -4.45. The van der Waals surface area contributed by atoms with Crippen molar-refractivity contribution in [3.05, 3.63) is 78.0 Å². The van der Waals surface area contributed by atoms with Gasteiger partial charge in [-0.15, -0.1) is 0 Å². The van der Waals surface area contributed by atoms with Crippen LogP contribution in [0.3, 0.4) is 0 Å². The van der Waals surface area contributed by atoms with Crippen molar-refractivity contribution in [3.63, 3.8) is 0 Å². The molecule has 1 N–H and O–H groups in total. The average molecular weight is 525 g/mol. The number of benzene rings is 2. The number of nitrogens with one attached hydrogen (secondary N) is 1. The van der Waals surface area contributed by atoms with Gasteiger partial charge in [-0.25, -0.2) is 22.8 Å². The number of carbonyl (C=O) groups is 1. The molecule has 0 aliphatic rings. The Morgan fingerprint density at radius 3 is 2.17 bits per heavy atom. The van der Waals surface area contributed by atoms with Gasteiger partial charge in [-0.05, 0) is 63.2 Å². The summed E-state index contributed by atoms with van der Waals surface area (Å²) in [6, 6.07) is 8.63. The summed E-state index contributed by atoms with van der Waals surface area (Å²) in [5.41, 5.74) is 0.381. The molecule has 12 heteroatoms. The molecule has 1 atom stereocenters. The van der Waals surface area contributed by atoms with Crippen LogP contribution in [0.4, 0.5) is 17.6 Å². The number of halogens is 4. The van der Waals surface area contributed by atoms with Crippen molar-refractivity contribution < 1.29 is 30.8 Å². The van der Waals surface area contributed by atoms with Gasteiger partial charge in [-0.3, -0.25) is 4.79 Å². The number of carbonyl (C=O) groups excluding carboxylic acids is 1. The van der Waals surface area contributed by atoms with E-state index in [0.29, 0.717) is 17.0 Å². The Labute approximate surface area is 206 Å². The van der Waals surface area contributed by atoms with E-state index in [2.05, 4.69) is 15.3 Å². The highest BCUT2D eigenvalue weighted by atomic mass is 32.2. The molecule has 1 aromatic heterocycles. The van der Waals surface area contributed by atoms with Crippen LogP contribution in [0.1, 0.15) is 32.0 Å². The predicted octanol–water partition coefficient (Wildman–Crippen LogP) is 4.41. The van der Waals surface area contributed by atoms with Crippen molar-refractivity contribution in [1.29, 1.82) is 0 Å². The highest BCUT2D eigenvalue weighted by molar-refractivity contribution is 7.89. The summed E-state index contributed by atoms with van der Waals surface area (Å²) < 4.78 is 78.9. The Kier molecular flexibility index (Phi) is 8.09. The second-order valence-electron chi connectivity index (χ2n) is 8.25. The van der Waals surface area contributed by atoms with Crippen LogP contribution in [-0.2, 0) is 27.5 Å². The lowest BCUT2D eigenvalue weighted by molar-refractivity contribution is -0.137. The molecule has 7 nitrogen and oxygen atoms in total. The molecule has 0 aliphatic heterocycles. The van der Waals surface area contributed by atoms with Crippen molar-refractivity contribution in [2.45, 2.75) is 50.5 Å². The molecule has 0 saturated heterocycles. The minimum Gasteiger partial charge on any atom is -0.349 e. The van der Waals surface area contributed by atoms with E-state index in [1.807, 2.05) is 0 Å². The van der Waals surface area contributed by atoms with Crippen molar-refractivity contribution in [3.8, 4) is 11.3 Å². The number of amides is 1. The number of rotatable bonds is 8. The van der Waals surface area contributed by atoms with Crippen molar-refractivity contribution in [2.24, 2.45) is 0 Å². The summed E-state index contributed by atoms with van der Waals surface area (Å²) in [6.45, 7) is 4.60. The van der Waals surface area contributed by atoms with E-state index < -0.39 is 45.6 Å². The fourth-order valence-electron chi connectivity index (χ4n) is 3.58. The van der Waals surface area contributed by atoms with Crippen LogP contribution in [0.5, 0.6) is 0 Å². The molecule has 0 saturated carbocycles. The zero-order valence-corrected chi connectivity index (χ0v) is 20.4. The molecule has 1 heterocycles. The molecule has 0 fully saturated rings. The van der Waals surface area contributed by atoms with Crippen LogP contribution in [0.25, 0.3) is 11.3 Å². The zero-order chi connectivity index (χ0) is 26.7. The smallest absolute Gasteiger partial charge is 0.349 e. The summed E-state index contributed by atoms with van der Waals surface area (Å²) in [7, 11) is -4.10. The Morgan fingerprint density at radius 1 is 1.00 bits per heavy atom. The predicted molar refractivity (Wildman–Crippen MR) is 124 cm³/mol. The molecule has 0 radical (unpaired) electrons. The number of sulfonamides is 1. The molecule has 1 amide bonds. The summed E-state index contributed by atoms with van der Waals surface area (Å²) in [6.07, 6.45) is -3.23. The van der Waals surface area contributed by atoms with Gasteiger partial charge in [0.1, 0.15) is 18.2 Å². The van der Waals surface area contributed by atoms with E-state index in [9.17, 15) is 30.8 Å². The van der Waals surface area contributed by atoms with Crippen LogP contribution in [0.2, 0.25) is 0 Å². The number of hydrogen-bond donors (Lipinski definition) is 1. The first-order chi connectivity index (χ1) is 16.8. The van der Waals surface area contributed by atoms with E-state index in [0.717, 1.165) is 40.7 Å². The molecule has 192 valence electrons. The Balaban J connectivity index is 1.73. The molecular weight excluding hydrogens is 500 g/mol. The van der Waals surface area contributed by atoms with Crippen LogP contribution in [0.15, 0.2) is 65.8 Å². The lowest BCUT2D eigenvalue weighted by atomic mass is 10.1. The van der Waals surface area contributed by atoms with E-state index in [1.165, 1.54) is 31.5 Å². The third kappa shape index (κ3) is 6.24. The van der Waals surface area contributed by atoms with Crippen molar-refractivity contribution in [1.82, 2.24) is 19.6 Å². The van der Waals surface area contributed by atoms with Gasteiger partial charge < -0.3 is 5.32 Å². The SMILES string of the molecule is CC(C)N(C(C)C(=O)NCc1cc(-c2ccc(C(F)(F)F)cc2)ncn1)S(=O)(=O)c1ccc(F)cc1. The molecule has 2 aromatic carbocycles. The van der Waals surface area contributed by atoms with Crippen molar-refractivity contribution in [2.75, 3.05) is 0 Å². The Morgan fingerprint density at radius 2 is 1.61 bits per heavy atom. The highest BCUT2D eigenvalue weighted by Gasteiger charge is 2.35. The molecule has 36 heavy (non-hydrogen) atoms. The molecular formula is C24H24F4N4O3S. The van der Waals surface area contributed by atoms with Crippen molar-refractivity contribution >= 4 is 15.9 Å². The van der Waals surface area contributed by atoms with Gasteiger partial charge in [0.25, 0.3) is 0 Å². The standard InChI is InChI=1S/C24H24F4N4O3S/c1-15(2)32(36(34,35)21-10-8-19(25)9-11-21)16(3)23(33)29-13-20-12-22(31-14-30-20)17-4-6-18(7-5-17)24(26,27)28/h4-12,14-16H,13H2,1-3H3,(H,29,33). The van der Waals surface area contributed by atoms with Gasteiger partial charge in [-0.1, -0.05) is 12.1 Å². The molecule has 3 aromatic rings. The number of alkyl halides is 3. The maximum absolute atomic E-state index is 13.3. The lowest BCUT2D eigenvalue weighted by Crippen LogP contribution is -2.50. The Bertz CT molecular complexity index is 1310. The molecule has 0 aliphatic carbocycles. The second-order valence-corrected chi connectivity index (χ2v) is 10.1. The largest absolute Gasteiger partial charge is 0.416 e. The molecule has 3 rings (SSSR count). The third-order valence-electron chi connectivity index (χ3n) is 5.33. The lowest BCUT2D eigenvalue weighted by Gasteiger charge is -2.30. The van der Waals surface area contributed by atoms with E-state index in [4.69, 9.17) is 0 Å². The first kappa shape index (κ1) is 27.2. The van der Waals surface area contributed by atoms with Gasteiger partial charge in [0.15, 0.2) is 0 Å². The summed E-state index contributed by atoms with van der Waals surface area (Å²) in [4.78, 5) is 20.8. The van der Waals surface area contributed by atoms with Crippen LogP contribution in [-0.4, -0.2) is 40.7 Å². The monoisotopic (exact) mass is 524 g/mol. The first-order valence-electron chi connectivity index (χ1n) is 10.9. The third-order valence-corrected chi connectivity index (χ3v) is 7.50. The minimum absolute atomic E-state index is 0.0676. The Hall–Kier alpha value is -3.38. The van der Waals surface area contributed by atoms with Crippen LogP contribution >= 0.6 is 0 Å². The number of nitrogens with zero attached hydrogens (tertiary/aromatic N) is 3. The topological polar surface area (TPSA) is 92.3 Å². The zero-order valence-electron chi connectivity index (χ0n) is 19.6. The highest BCUT2D eigenvalue weighted by Crippen LogP contribution is 2.30. The van der Waals surface area contributed by atoms with Gasteiger partial charge >= 0.3 is 6.18 Å². The second kappa shape index (κ2) is 10.7. The summed E-state index contributed by atoms with van der Waals surface area (Å²) in [5, 5.41) is 2.63. The molecule has 0 bridgehead atoms. The summed E-state index contributed by atoms with van der Waals surface area (Å²) in [5.74, 6) is -1.18. The fraction of sp³-hybridized carbons (Fsp3) is 0.292. The van der Waals surface area contributed by atoms with E-state index in [-0.39, 0.29) is 11.4 Å². The maximum Gasteiger partial charge on any atom is 0.416 e. The average Bonchev–Trinajstić information content (AvgIpc) is 2.82. The van der Waals surface area contributed by atoms with Crippen LogP contribution < -0.4 is 5.32 Å². The molecule has 0 spiro atoms.